The van der Waals surface area contributed by atoms with Crippen LogP contribution >= 0.6 is 23.1 Å². The second-order valence-corrected chi connectivity index (χ2v) is 8.58. The van der Waals surface area contributed by atoms with Crippen molar-refractivity contribution in [2.24, 2.45) is 0 Å². The summed E-state index contributed by atoms with van der Waals surface area (Å²) in [4.78, 5) is 24.8. The molecule has 0 fully saturated rings. The van der Waals surface area contributed by atoms with Gasteiger partial charge in [-0.1, -0.05) is 54.2 Å². The van der Waals surface area contributed by atoms with Crippen LogP contribution in [0.2, 0.25) is 0 Å². The zero-order valence-electron chi connectivity index (χ0n) is 17.1. The Kier molecular flexibility index (Phi) is 6.44. The highest BCUT2D eigenvalue weighted by molar-refractivity contribution is 7.98. The Hall–Kier alpha value is -3.74. The number of nitrogens with zero attached hydrogens (tertiary/aromatic N) is 4. The third kappa shape index (κ3) is 4.94. The lowest BCUT2D eigenvalue weighted by Gasteiger charge is -2.09. The molecule has 0 saturated carbocycles. The molecule has 0 aliphatic carbocycles. The van der Waals surface area contributed by atoms with Crippen LogP contribution in [0.1, 0.15) is 18.2 Å². The van der Waals surface area contributed by atoms with Gasteiger partial charge in [-0.15, -0.1) is 11.3 Å². The second-order valence-electron chi connectivity index (χ2n) is 6.78. The van der Waals surface area contributed by atoms with E-state index in [1.807, 2.05) is 35.7 Å². The number of nitrogens with two attached hydrogens (primary N) is 1. The van der Waals surface area contributed by atoms with Crippen LogP contribution in [0.25, 0.3) is 21.8 Å². The van der Waals surface area contributed by atoms with Crippen LogP contribution in [0.5, 0.6) is 0 Å². The number of aromatic nitrogens is 3. The molecule has 0 spiro atoms. The molecule has 0 radical (unpaired) electrons. The van der Waals surface area contributed by atoms with Gasteiger partial charge in [0.25, 0.3) is 0 Å². The highest BCUT2D eigenvalue weighted by atomic mass is 32.2. The van der Waals surface area contributed by atoms with Crippen molar-refractivity contribution >= 4 is 40.5 Å². The van der Waals surface area contributed by atoms with Crippen LogP contribution in [-0.4, -0.2) is 20.9 Å². The normalized spacial score (nSPS) is 10.5. The van der Waals surface area contributed by atoms with Crippen molar-refractivity contribution in [2.45, 2.75) is 17.8 Å². The fourth-order valence-electron chi connectivity index (χ4n) is 2.98. The molecule has 0 saturated heterocycles. The maximum Gasteiger partial charge on any atom is 0.221 e. The Labute approximate surface area is 193 Å². The lowest BCUT2D eigenvalue weighted by atomic mass is 10.1. The number of nitrogen functional groups attached to an aromatic ring is 1. The van der Waals surface area contributed by atoms with E-state index in [4.69, 9.17) is 5.73 Å². The molecule has 2 heterocycles. The molecular formula is C23H18N6OS2. The molecule has 32 heavy (non-hydrogen) atoms. The standard InChI is InChI=1S/C23H18N6OS2/c1-14(30)26-17-9-7-15(8-10-17)20-19(11-24)21(25)29-23(28-20)32-13-18-12-31-22(27-18)16-5-3-2-4-6-16/h2-10,12H,13H2,1H3,(H,26,30)(H2,25,28,29). The molecular weight excluding hydrogens is 440 g/mol. The number of carbonyl (C=O) groups is 1. The van der Waals surface area contributed by atoms with Crippen molar-refractivity contribution < 1.29 is 4.79 Å². The van der Waals surface area contributed by atoms with Crippen molar-refractivity contribution in [1.29, 1.82) is 5.26 Å². The van der Waals surface area contributed by atoms with E-state index in [9.17, 15) is 10.1 Å². The molecule has 1 amide bonds. The Morgan fingerprint density at radius 3 is 2.53 bits per heavy atom. The third-order valence-corrected chi connectivity index (χ3v) is 6.25. The van der Waals surface area contributed by atoms with Crippen LogP contribution in [-0.2, 0) is 10.5 Å². The van der Waals surface area contributed by atoms with Gasteiger partial charge in [0.2, 0.25) is 5.91 Å². The van der Waals surface area contributed by atoms with Crippen LogP contribution in [0.4, 0.5) is 11.5 Å². The summed E-state index contributed by atoms with van der Waals surface area (Å²) in [6.07, 6.45) is 0. The maximum absolute atomic E-state index is 11.2. The Morgan fingerprint density at radius 2 is 1.84 bits per heavy atom. The number of benzene rings is 2. The fraction of sp³-hybridized carbons (Fsp3) is 0.0870. The average Bonchev–Trinajstić information content (AvgIpc) is 3.27. The minimum Gasteiger partial charge on any atom is -0.382 e. The monoisotopic (exact) mass is 458 g/mol. The molecule has 7 nitrogen and oxygen atoms in total. The van der Waals surface area contributed by atoms with Gasteiger partial charge in [0.1, 0.15) is 22.5 Å². The van der Waals surface area contributed by atoms with Gasteiger partial charge in [0.15, 0.2) is 5.16 Å². The van der Waals surface area contributed by atoms with Crippen molar-refractivity contribution in [3.05, 3.63) is 71.2 Å². The number of thiazole rings is 1. The number of nitrogens with one attached hydrogen (secondary N) is 1. The minimum absolute atomic E-state index is 0.134. The first-order valence-electron chi connectivity index (χ1n) is 9.61. The summed E-state index contributed by atoms with van der Waals surface area (Å²) in [5, 5.41) is 15.7. The van der Waals surface area contributed by atoms with Crippen molar-refractivity contribution in [1.82, 2.24) is 15.0 Å². The SMILES string of the molecule is CC(=O)Nc1ccc(-c2nc(SCc3csc(-c4ccccc4)n3)nc(N)c2C#N)cc1. The zero-order chi connectivity index (χ0) is 22.5. The lowest BCUT2D eigenvalue weighted by molar-refractivity contribution is -0.114. The smallest absolute Gasteiger partial charge is 0.221 e. The van der Waals surface area contributed by atoms with Crippen LogP contribution in [0.15, 0.2) is 65.1 Å². The Balaban J connectivity index is 1.55. The summed E-state index contributed by atoms with van der Waals surface area (Å²) < 4.78 is 0. The van der Waals surface area contributed by atoms with E-state index >= 15 is 0 Å². The fourth-order valence-corrected chi connectivity index (χ4v) is 4.66. The number of carbonyl (C=O) groups excluding carboxylic acids is 1. The van der Waals surface area contributed by atoms with E-state index in [0.29, 0.717) is 27.9 Å². The zero-order valence-corrected chi connectivity index (χ0v) is 18.7. The molecule has 158 valence electrons. The number of hydrogen-bond acceptors (Lipinski definition) is 8. The molecule has 9 heteroatoms. The van der Waals surface area contributed by atoms with E-state index in [1.54, 1.807) is 35.6 Å². The number of anilines is 2. The molecule has 0 atom stereocenters. The minimum atomic E-state index is -0.155. The van der Waals surface area contributed by atoms with Gasteiger partial charge in [-0.05, 0) is 12.1 Å². The van der Waals surface area contributed by atoms with Crippen LogP contribution in [0.3, 0.4) is 0 Å². The number of hydrogen-bond donors (Lipinski definition) is 2. The van der Waals surface area contributed by atoms with Crippen molar-refractivity contribution in [3.63, 3.8) is 0 Å². The second kappa shape index (κ2) is 9.60. The Morgan fingerprint density at radius 1 is 1.09 bits per heavy atom. The van der Waals surface area contributed by atoms with Gasteiger partial charge in [0.05, 0.1) is 11.4 Å². The predicted molar refractivity (Wildman–Crippen MR) is 128 cm³/mol. The van der Waals surface area contributed by atoms with Crippen molar-refractivity contribution in [2.75, 3.05) is 11.1 Å². The van der Waals surface area contributed by atoms with E-state index in [1.165, 1.54) is 18.7 Å². The average molecular weight is 459 g/mol. The quantitative estimate of drug-likeness (QED) is 0.309. The van der Waals surface area contributed by atoms with Gasteiger partial charge in [-0.25, -0.2) is 15.0 Å². The number of thioether (sulfide) groups is 1. The largest absolute Gasteiger partial charge is 0.382 e. The van der Waals surface area contributed by atoms with Crippen LogP contribution in [0, 0.1) is 11.3 Å². The number of rotatable bonds is 6. The molecule has 0 bridgehead atoms. The summed E-state index contributed by atoms with van der Waals surface area (Å²) in [6, 6.07) is 19.2. The molecule has 2 aromatic heterocycles. The van der Waals surface area contributed by atoms with E-state index < -0.39 is 0 Å². The number of amides is 1. The Bertz CT molecular complexity index is 1300. The molecule has 4 rings (SSSR count). The van der Waals surface area contributed by atoms with Gasteiger partial charge in [-0.3, -0.25) is 4.79 Å². The number of nitriles is 1. The summed E-state index contributed by atoms with van der Waals surface area (Å²) in [5.41, 5.74) is 10.1. The van der Waals surface area contributed by atoms with E-state index in [-0.39, 0.29) is 17.3 Å². The summed E-state index contributed by atoms with van der Waals surface area (Å²) in [7, 11) is 0. The molecule has 3 N–H and O–H groups in total. The molecule has 2 aromatic carbocycles. The van der Waals surface area contributed by atoms with E-state index in [2.05, 4.69) is 26.3 Å². The first-order chi connectivity index (χ1) is 15.5. The third-order valence-electron chi connectivity index (χ3n) is 4.43. The van der Waals surface area contributed by atoms with E-state index in [0.717, 1.165) is 16.3 Å². The summed E-state index contributed by atoms with van der Waals surface area (Å²) in [5.74, 6) is 0.558. The molecule has 4 aromatic rings. The van der Waals surface area contributed by atoms with Gasteiger partial charge >= 0.3 is 0 Å². The van der Waals surface area contributed by atoms with Crippen LogP contribution < -0.4 is 11.1 Å². The summed E-state index contributed by atoms with van der Waals surface area (Å²) >= 11 is 3.00. The predicted octanol–water partition coefficient (Wildman–Crippen LogP) is 4.97. The van der Waals surface area contributed by atoms with Gasteiger partial charge in [-0.2, -0.15) is 5.26 Å². The highest BCUT2D eigenvalue weighted by Crippen LogP contribution is 2.31. The van der Waals surface area contributed by atoms with Crippen molar-refractivity contribution in [3.8, 4) is 27.9 Å². The first kappa shape index (κ1) is 21.5. The van der Waals surface area contributed by atoms with Gasteiger partial charge < -0.3 is 11.1 Å². The molecule has 0 aliphatic heterocycles. The molecule has 0 aliphatic rings. The highest BCUT2D eigenvalue weighted by Gasteiger charge is 2.15. The summed E-state index contributed by atoms with van der Waals surface area (Å²) in [6.45, 7) is 1.45. The maximum atomic E-state index is 11.2. The topological polar surface area (TPSA) is 118 Å². The lowest BCUT2D eigenvalue weighted by Crippen LogP contribution is -2.05. The molecule has 0 unspecified atom stereocenters. The first-order valence-corrected chi connectivity index (χ1v) is 11.5. The van der Waals surface area contributed by atoms with Gasteiger partial charge in [0, 0.05) is 34.9 Å².